The molecule has 0 aliphatic heterocycles. The second-order valence-electron chi connectivity index (χ2n) is 6.97. The lowest BCUT2D eigenvalue weighted by Crippen LogP contribution is -2.16. The Labute approximate surface area is 173 Å². The Bertz CT molecular complexity index is 561. The third-order valence-electron chi connectivity index (χ3n) is 4.60. The smallest absolute Gasteiger partial charge is 0.240 e. The molecule has 0 spiro atoms. The zero-order valence-electron chi connectivity index (χ0n) is 16.9. The number of hydrogen-bond donors (Lipinski definition) is 1. The minimum Gasteiger partial charge on any atom is -0.497 e. The highest BCUT2D eigenvalue weighted by molar-refractivity contribution is 9.10. The number of nitrogens with zero attached hydrogens (tertiary/aromatic N) is 1. The van der Waals surface area contributed by atoms with Gasteiger partial charge in [0.1, 0.15) is 5.75 Å². The Kier molecular flexibility index (Phi) is 13.7. The van der Waals surface area contributed by atoms with Crippen LogP contribution in [0.15, 0.2) is 27.8 Å². The first-order valence-electron chi connectivity index (χ1n) is 10.3. The Hall–Kier alpha value is -1.36. The van der Waals surface area contributed by atoms with Crippen LogP contribution in [-0.2, 0) is 4.79 Å². The summed E-state index contributed by atoms with van der Waals surface area (Å²) in [5, 5.41) is 4.04. The Morgan fingerprint density at radius 1 is 1.04 bits per heavy atom. The van der Waals surface area contributed by atoms with Crippen molar-refractivity contribution in [3.63, 3.8) is 0 Å². The highest BCUT2D eigenvalue weighted by Gasteiger charge is 2.02. The van der Waals surface area contributed by atoms with Crippen molar-refractivity contribution in [3.8, 4) is 5.75 Å². The van der Waals surface area contributed by atoms with Crippen molar-refractivity contribution in [2.75, 3.05) is 7.11 Å². The summed E-state index contributed by atoms with van der Waals surface area (Å²) in [5.74, 6) is 0.730. The molecule has 0 fully saturated rings. The van der Waals surface area contributed by atoms with Gasteiger partial charge in [0.05, 0.1) is 13.3 Å². The molecule has 0 aliphatic carbocycles. The van der Waals surface area contributed by atoms with E-state index in [1.807, 2.05) is 18.2 Å². The lowest BCUT2D eigenvalue weighted by molar-refractivity contribution is -0.121. The number of ether oxygens (including phenoxy) is 1. The maximum atomic E-state index is 11.8. The van der Waals surface area contributed by atoms with E-state index >= 15 is 0 Å². The SMILES string of the molecule is CCCCCCCCCCCCCC(=O)N/N=C\c1cc(OC)ccc1Br. The predicted molar refractivity (Wildman–Crippen MR) is 118 cm³/mol. The summed E-state index contributed by atoms with van der Waals surface area (Å²) >= 11 is 3.46. The predicted octanol–water partition coefficient (Wildman–Crippen LogP) is 6.61. The molecular formula is C22H35BrN2O2. The summed E-state index contributed by atoms with van der Waals surface area (Å²) in [6, 6.07) is 5.63. The first kappa shape index (κ1) is 23.7. The maximum Gasteiger partial charge on any atom is 0.240 e. The molecule has 152 valence electrons. The van der Waals surface area contributed by atoms with Crippen LogP contribution in [0.1, 0.15) is 89.5 Å². The zero-order valence-corrected chi connectivity index (χ0v) is 18.5. The van der Waals surface area contributed by atoms with Gasteiger partial charge < -0.3 is 4.74 Å². The second kappa shape index (κ2) is 15.7. The summed E-state index contributed by atoms with van der Waals surface area (Å²) < 4.78 is 6.10. The van der Waals surface area contributed by atoms with E-state index in [1.54, 1.807) is 13.3 Å². The van der Waals surface area contributed by atoms with Gasteiger partial charge in [-0.25, -0.2) is 5.43 Å². The highest BCUT2D eigenvalue weighted by atomic mass is 79.9. The molecule has 1 aromatic rings. The van der Waals surface area contributed by atoms with E-state index in [2.05, 4.69) is 33.4 Å². The van der Waals surface area contributed by atoms with Gasteiger partial charge in [0.25, 0.3) is 0 Å². The quantitative estimate of drug-likeness (QED) is 0.190. The lowest BCUT2D eigenvalue weighted by Gasteiger charge is -2.04. The summed E-state index contributed by atoms with van der Waals surface area (Å²) in [5.41, 5.74) is 3.47. The average molecular weight is 439 g/mol. The van der Waals surface area contributed by atoms with Gasteiger partial charge in [-0.05, 0) is 24.6 Å². The largest absolute Gasteiger partial charge is 0.497 e. The van der Waals surface area contributed by atoms with Crippen LogP contribution in [0.4, 0.5) is 0 Å². The van der Waals surface area contributed by atoms with E-state index < -0.39 is 0 Å². The Balaban J connectivity index is 2.04. The van der Waals surface area contributed by atoms with Gasteiger partial charge in [-0.2, -0.15) is 5.10 Å². The number of nitrogens with one attached hydrogen (secondary N) is 1. The van der Waals surface area contributed by atoms with Gasteiger partial charge in [0.2, 0.25) is 5.91 Å². The molecule has 1 rings (SSSR count). The molecule has 0 heterocycles. The molecule has 4 nitrogen and oxygen atoms in total. The lowest BCUT2D eigenvalue weighted by atomic mass is 10.1. The fraction of sp³-hybridized carbons (Fsp3) is 0.636. The van der Waals surface area contributed by atoms with Crippen molar-refractivity contribution in [3.05, 3.63) is 28.2 Å². The van der Waals surface area contributed by atoms with Crippen LogP contribution in [0.5, 0.6) is 5.75 Å². The van der Waals surface area contributed by atoms with Crippen molar-refractivity contribution >= 4 is 28.1 Å². The van der Waals surface area contributed by atoms with E-state index in [0.717, 1.165) is 28.6 Å². The minimum absolute atomic E-state index is 0.0267. The first-order chi connectivity index (χ1) is 13.2. The van der Waals surface area contributed by atoms with Gasteiger partial charge in [0.15, 0.2) is 0 Å². The van der Waals surface area contributed by atoms with Crippen molar-refractivity contribution in [1.29, 1.82) is 0 Å². The molecule has 0 atom stereocenters. The summed E-state index contributed by atoms with van der Waals surface area (Å²) in [6.45, 7) is 2.26. The number of carbonyl (C=O) groups excluding carboxylic acids is 1. The van der Waals surface area contributed by atoms with E-state index in [1.165, 1.54) is 57.8 Å². The summed E-state index contributed by atoms with van der Waals surface area (Å²) in [4.78, 5) is 11.8. The van der Waals surface area contributed by atoms with Gasteiger partial charge in [-0.1, -0.05) is 87.1 Å². The third-order valence-corrected chi connectivity index (χ3v) is 5.33. The van der Waals surface area contributed by atoms with E-state index in [0.29, 0.717) is 6.42 Å². The molecule has 1 amide bonds. The van der Waals surface area contributed by atoms with Crippen LogP contribution in [0.3, 0.4) is 0 Å². The first-order valence-corrected chi connectivity index (χ1v) is 11.1. The third kappa shape index (κ3) is 11.9. The number of carbonyl (C=O) groups is 1. The van der Waals surface area contributed by atoms with Crippen molar-refractivity contribution in [2.24, 2.45) is 5.10 Å². The molecule has 0 bridgehead atoms. The normalized spacial score (nSPS) is 11.1. The van der Waals surface area contributed by atoms with Crippen LogP contribution in [0.25, 0.3) is 0 Å². The fourth-order valence-corrected chi connectivity index (χ4v) is 3.28. The Morgan fingerprint density at radius 2 is 1.63 bits per heavy atom. The summed E-state index contributed by atoms with van der Waals surface area (Å²) in [7, 11) is 1.62. The molecule has 27 heavy (non-hydrogen) atoms. The van der Waals surface area contributed by atoms with Gasteiger partial charge >= 0.3 is 0 Å². The summed E-state index contributed by atoms with van der Waals surface area (Å²) in [6.07, 6.45) is 16.3. The second-order valence-corrected chi connectivity index (χ2v) is 7.82. The number of benzene rings is 1. The van der Waals surface area contributed by atoms with E-state index in [4.69, 9.17) is 4.74 Å². The van der Waals surface area contributed by atoms with E-state index in [9.17, 15) is 4.79 Å². The molecule has 0 unspecified atom stereocenters. The molecule has 0 saturated heterocycles. The van der Waals surface area contributed by atoms with Crippen LogP contribution in [-0.4, -0.2) is 19.2 Å². The standard InChI is InChI=1S/C22H35BrN2O2/c1-3-4-5-6-7-8-9-10-11-12-13-14-22(26)25-24-18-19-17-20(27-2)15-16-21(19)23/h15-18H,3-14H2,1-2H3,(H,25,26)/b24-18-. The molecule has 0 aromatic heterocycles. The Morgan fingerprint density at radius 3 is 2.22 bits per heavy atom. The number of rotatable bonds is 15. The molecule has 1 N–H and O–H groups in total. The van der Waals surface area contributed by atoms with Gasteiger partial charge in [-0.15, -0.1) is 0 Å². The molecule has 0 aliphatic rings. The topological polar surface area (TPSA) is 50.7 Å². The number of hydrazone groups is 1. The van der Waals surface area contributed by atoms with E-state index in [-0.39, 0.29) is 5.91 Å². The van der Waals surface area contributed by atoms with Gasteiger partial charge in [0, 0.05) is 16.5 Å². The average Bonchev–Trinajstić information content (AvgIpc) is 2.67. The van der Waals surface area contributed by atoms with Crippen LogP contribution in [0, 0.1) is 0 Å². The zero-order chi connectivity index (χ0) is 19.7. The van der Waals surface area contributed by atoms with Crippen molar-refractivity contribution < 1.29 is 9.53 Å². The number of halogens is 1. The molecular weight excluding hydrogens is 404 g/mol. The maximum absolute atomic E-state index is 11.8. The van der Waals surface area contributed by atoms with Crippen molar-refractivity contribution in [2.45, 2.75) is 84.0 Å². The number of unbranched alkanes of at least 4 members (excludes halogenated alkanes) is 10. The molecule has 5 heteroatoms. The van der Waals surface area contributed by atoms with Gasteiger partial charge in [-0.3, -0.25) is 4.79 Å². The number of amides is 1. The number of methoxy groups -OCH3 is 1. The molecule has 0 radical (unpaired) electrons. The fourth-order valence-electron chi connectivity index (χ4n) is 2.93. The minimum atomic E-state index is -0.0267. The monoisotopic (exact) mass is 438 g/mol. The van der Waals surface area contributed by atoms with Crippen LogP contribution < -0.4 is 10.2 Å². The van der Waals surface area contributed by atoms with Crippen LogP contribution >= 0.6 is 15.9 Å². The molecule has 0 saturated carbocycles. The molecule has 1 aromatic carbocycles. The van der Waals surface area contributed by atoms with Crippen LogP contribution in [0.2, 0.25) is 0 Å². The highest BCUT2D eigenvalue weighted by Crippen LogP contribution is 2.20. The number of hydrogen-bond acceptors (Lipinski definition) is 3. The van der Waals surface area contributed by atoms with Crippen molar-refractivity contribution in [1.82, 2.24) is 5.43 Å².